The molecule has 0 aromatic carbocycles. The molecule has 176 valence electrons. The predicted octanol–water partition coefficient (Wildman–Crippen LogP) is 0.111. The molecule has 0 rings (SSSR count). The second kappa shape index (κ2) is 18.9. The highest BCUT2D eigenvalue weighted by molar-refractivity contribution is 7.51. The van der Waals surface area contributed by atoms with Crippen molar-refractivity contribution in [1.82, 2.24) is 0 Å². The lowest BCUT2D eigenvalue weighted by molar-refractivity contribution is 0.379. The van der Waals surface area contributed by atoms with E-state index in [1.165, 1.54) is 12.8 Å². The quantitative estimate of drug-likeness (QED) is 0.183. The van der Waals surface area contributed by atoms with Crippen LogP contribution < -0.4 is 11.5 Å². The molecule has 0 amide bonds. The first kappa shape index (κ1) is 38.5. The molecule has 12 N–H and O–H groups in total. The molecule has 0 atom stereocenters. The lowest BCUT2D eigenvalue weighted by Gasteiger charge is -1.89. The molecule has 0 saturated carbocycles. The van der Waals surface area contributed by atoms with Crippen molar-refractivity contribution in [1.29, 1.82) is 0 Å². The Bertz CT molecular complexity index is 456. The highest BCUT2D eigenvalue weighted by atomic mass is 31.2. The molecule has 0 aliphatic rings. The largest absolute Gasteiger partial charge is 0.386 e. The SMILES string of the molecule is CCCCC=C(N)N.CP(=O)(O)O.CP(=O)(O)O.CP(=O)(O)O.CP(=O)(O)O. The summed E-state index contributed by atoms with van der Waals surface area (Å²) in [5.74, 6) is 0.443. The monoisotopic (exact) mass is 498 g/mol. The number of unbranched alkanes of at least 4 members (excludes halogenated alkanes) is 2. The first-order chi connectivity index (χ1) is 11.8. The van der Waals surface area contributed by atoms with Crippen LogP contribution in [0.1, 0.15) is 26.2 Å². The zero-order valence-corrected chi connectivity index (χ0v) is 19.9. The zero-order chi connectivity index (χ0) is 24.4. The summed E-state index contributed by atoms with van der Waals surface area (Å²) in [5.41, 5.74) is 10.3. The van der Waals surface area contributed by atoms with E-state index in [9.17, 15) is 18.3 Å². The molecule has 0 aromatic rings. The summed E-state index contributed by atoms with van der Waals surface area (Å²) in [6.07, 6.45) is 5.24. The van der Waals surface area contributed by atoms with Crippen molar-refractivity contribution < 1.29 is 57.4 Å². The van der Waals surface area contributed by atoms with Crippen molar-refractivity contribution in [3.63, 3.8) is 0 Å². The van der Waals surface area contributed by atoms with Crippen LogP contribution in [-0.2, 0) is 18.3 Å². The molecule has 14 nitrogen and oxygen atoms in total. The second-order valence-electron chi connectivity index (χ2n) is 5.19. The third kappa shape index (κ3) is 661. The molecule has 0 saturated heterocycles. The molecule has 0 unspecified atom stereocenters. The molecule has 0 spiro atoms. The normalized spacial score (nSPS) is 10.9. The molecule has 0 aliphatic heterocycles. The van der Waals surface area contributed by atoms with Crippen LogP contribution in [0, 0.1) is 0 Å². The second-order valence-corrected chi connectivity index (χ2v) is 11.9. The fourth-order valence-corrected chi connectivity index (χ4v) is 0.473. The van der Waals surface area contributed by atoms with Gasteiger partial charge in [0.2, 0.25) is 0 Å². The van der Waals surface area contributed by atoms with Gasteiger partial charge in [0.1, 0.15) is 0 Å². The maximum atomic E-state index is 9.33. The van der Waals surface area contributed by atoms with Crippen LogP contribution in [0.2, 0.25) is 0 Å². The molecule has 0 aliphatic carbocycles. The molecule has 18 heteroatoms. The van der Waals surface area contributed by atoms with Crippen molar-refractivity contribution in [2.24, 2.45) is 11.5 Å². The first-order valence-corrected chi connectivity index (χ1v) is 15.3. The van der Waals surface area contributed by atoms with Crippen molar-refractivity contribution >= 4 is 30.4 Å². The minimum atomic E-state index is -3.64. The van der Waals surface area contributed by atoms with Gasteiger partial charge in [0.15, 0.2) is 0 Å². The molecule has 0 heterocycles. The molecule has 28 heavy (non-hydrogen) atoms. The van der Waals surface area contributed by atoms with E-state index in [0.717, 1.165) is 33.1 Å². The molecule has 0 bridgehead atoms. The van der Waals surface area contributed by atoms with Gasteiger partial charge in [-0.1, -0.05) is 13.3 Å². The Labute approximate surface area is 164 Å². The average molecular weight is 498 g/mol. The van der Waals surface area contributed by atoms with E-state index in [2.05, 4.69) is 6.92 Å². The van der Waals surface area contributed by atoms with Gasteiger partial charge in [-0.25, -0.2) is 0 Å². The minimum Gasteiger partial charge on any atom is -0.386 e. The Morgan fingerprint density at radius 1 is 0.679 bits per heavy atom. The Hall–Kier alpha value is -0.0600. The van der Waals surface area contributed by atoms with Gasteiger partial charge in [0.05, 0.1) is 5.82 Å². The van der Waals surface area contributed by atoms with Crippen LogP contribution in [0.15, 0.2) is 11.9 Å². The van der Waals surface area contributed by atoms with Gasteiger partial charge in [-0.15, -0.1) is 0 Å². The molecule has 0 fully saturated rings. The van der Waals surface area contributed by atoms with Crippen molar-refractivity contribution in [3.8, 4) is 0 Å². The smallest absolute Gasteiger partial charge is 0.322 e. The minimum absolute atomic E-state index is 0.443. The van der Waals surface area contributed by atoms with Gasteiger partial charge < -0.3 is 50.6 Å². The van der Waals surface area contributed by atoms with Crippen molar-refractivity contribution in [2.45, 2.75) is 26.2 Å². The van der Waals surface area contributed by atoms with Gasteiger partial charge in [-0.2, -0.15) is 0 Å². The summed E-state index contributed by atoms with van der Waals surface area (Å²) in [4.78, 5) is 61.1. The lowest BCUT2D eigenvalue weighted by atomic mass is 10.2. The summed E-state index contributed by atoms with van der Waals surface area (Å²) in [6, 6.07) is 0. The van der Waals surface area contributed by atoms with Crippen LogP contribution >= 0.6 is 30.4 Å². The van der Waals surface area contributed by atoms with Crippen LogP contribution in [0.4, 0.5) is 0 Å². The number of rotatable bonds is 3. The third-order valence-corrected chi connectivity index (χ3v) is 0.938. The lowest BCUT2D eigenvalue weighted by Crippen LogP contribution is -2.07. The summed E-state index contributed by atoms with van der Waals surface area (Å²) >= 11 is 0. The Morgan fingerprint density at radius 3 is 0.964 bits per heavy atom. The number of hydrogen-bond acceptors (Lipinski definition) is 6. The predicted molar refractivity (Wildman–Crippen MR) is 108 cm³/mol. The topological polar surface area (TPSA) is 282 Å². The van der Waals surface area contributed by atoms with Crippen LogP contribution in [0.5, 0.6) is 0 Å². The van der Waals surface area contributed by atoms with Crippen LogP contribution in [-0.4, -0.2) is 65.8 Å². The number of nitrogens with two attached hydrogens (primary N) is 2. The Morgan fingerprint density at radius 2 is 0.857 bits per heavy atom. The van der Waals surface area contributed by atoms with Gasteiger partial charge >= 0.3 is 30.4 Å². The van der Waals surface area contributed by atoms with E-state index < -0.39 is 30.4 Å². The molecule has 0 aromatic heterocycles. The molecular formula is C10H34N2O12P4. The number of allylic oxidation sites excluding steroid dienone is 1. The van der Waals surface area contributed by atoms with E-state index in [1.807, 2.05) is 6.08 Å². The first-order valence-electron chi connectivity index (χ1n) is 7.10. The Balaban J connectivity index is -0.0000000802. The van der Waals surface area contributed by atoms with Gasteiger partial charge in [0.25, 0.3) is 0 Å². The van der Waals surface area contributed by atoms with E-state index in [1.54, 1.807) is 0 Å². The summed E-state index contributed by atoms with van der Waals surface area (Å²) in [5, 5.41) is 0. The maximum absolute atomic E-state index is 9.33. The molecule has 0 radical (unpaired) electrons. The van der Waals surface area contributed by atoms with Gasteiger partial charge in [0, 0.05) is 26.7 Å². The Kier molecular flexibility index (Phi) is 26.1. The van der Waals surface area contributed by atoms with Crippen LogP contribution in [0.3, 0.4) is 0 Å². The van der Waals surface area contributed by atoms with Crippen LogP contribution in [0.25, 0.3) is 0 Å². The van der Waals surface area contributed by atoms with E-state index in [0.29, 0.717) is 5.82 Å². The van der Waals surface area contributed by atoms with Gasteiger partial charge in [-0.05, 0) is 18.9 Å². The fourth-order valence-electron chi connectivity index (χ4n) is 0.473. The summed E-state index contributed by atoms with van der Waals surface area (Å²) in [7, 11) is -14.6. The number of hydrogen-bond donors (Lipinski definition) is 10. The summed E-state index contributed by atoms with van der Waals surface area (Å²) < 4.78 is 37.3. The van der Waals surface area contributed by atoms with Gasteiger partial charge in [-0.3, -0.25) is 18.3 Å². The third-order valence-electron chi connectivity index (χ3n) is 0.938. The van der Waals surface area contributed by atoms with E-state index >= 15 is 0 Å². The molecular weight excluding hydrogens is 464 g/mol. The van der Waals surface area contributed by atoms with E-state index in [4.69, 9.17) is 50.6 Å². The highest BCUT2D eigenvalue weighted by Gasteiger charge is 1.96. The van der Waals surface area contributed by atoms with Crippen molar-refractivity contribution in [2.75, 3.05) is 26.7 Å². The fraction of sp³-hybridized carbons (Fsp3) is 0.800. The van der Waals surface area contributed by atoms with E-state index in [-0.39, 0.29) is 0 Å². The zero-order valence-electron chi connectivity index (χ0n) is 16.4. The maximum Gasteiger partial charge on any atom is 0.322 e. The van der Waals surface area contributed by atoms with Crippen molar-refractivity contribution in [3.05, 3.63) is 11.9 Å². The highest BCUT2D eigenvalue weighted by Crippen LogP contribution is 2.27. The average Bonchev–Trinajstić information content (AvgIpc) is 2.18. The standard InChI is InChI=1S/C6H14N2.4CH5O3P/c1-2-3-4-5-6(7)8;4*1-5(2,3)4/h5H,2-4,7-8H2,1H3;4*1H3,(H2,2,3,4). The summed E-state index contributed by atoms with van der Waals surface area (Å²) in [6.45, 7) is 5.56.